The molecule has 0 unspecified atom stereocenters. The number of ether oxygens (including phenoxy) is 2. The Morgan fingerprint density at radius 1 is 1.56 bits per heavy atom. The van der Waals surface area contributed by atoms with Crippen molar-refractivity contribution in [1.82, 2.24) is 5.32 Å². The number of rotatable bonds is 1. The third-order valence-corrected chi connectivity index (χ3v) is 5.08. The van der Waals surface area contributed by atoms with Gasteiger partial charge in [-0.05, 0) is 0 Å². The van der Waals surface area contributed by atoms with Crippen LogP contribution in [0.25, 0.3) is 0 Å². The van der Waals surface area contributed by atoms with Gasteiger partial charge in [0.1, 0.15) is 5.25 Å². The van der Waals surface area contributed by atoms with E-state index in [1.165, 1.54) is 7.11 Å². The van der Waals surface area contributed by atoms with Gasteiger partial charge in [-0.3, -0.25) is 0 Å². The Hall–Kier alpha value is -0.370. The van der Waals surface area contributed by atoms with Crippen molar-refractivity contribution in [2.24, 2.45) is 0 Å². The van der Waals surface area contributed by atoms with Crippen LogP contribution in [0.15, 0.2) is 0 Å². The summed E-state index contributed by atoms with van der Waals surface area (Å²) >= 11 is 0. The Morgan fingerprint density at radius 2 is 2.25 bits per heavy atom. The number of methoxy groups -OCH3 is 1. The second-order valence-corrected chi connectivity index (χ2v) is 6.02. The predicted octanol–water partition coefficient (Wildman–Crippen LogP) is -1.26. The molecule has 0 amide bonds. The van der Waals surface area contributed by atoms with Crippen LogP contribution in [0.4, 0.5) is 0 Å². The third kappa shape index (κ3) is 1.81. The van der Waals surface area contributed by atoms with Crippen molar-refractivity contribution in [2.75, 3.05) is 32.6 Å². The monoisotopic (exact) mass is 271 g/mol. The van der Waals surface area contributed by atoms with Crippen LogP contribution in [0.5, 0.6) is 0 Å². The molecular weight excluding hydrogens is 258 g/mol. The number of esters is 1. The van der Waals surface area contributed by atoms with Gasteiger partial charge in [-0.2, -0.15) is 0 Å². The van der Waals surface area contributed by atoms with Gasteiger partial charge in [0.05, 0.1) is 19.5 Å². The lowest BCUT2D eigenvalue weighted by Gasteiger charge is -2.35. The Labute approximate surface area is 100.0 Å². The molecule has 2 rings (SSSR count). The van der Waals surface area contributed by atoms with Crippen molar-refractivity contribution in [2.45, 2.75) is 10.9 Å². The molecule has 16 heavy (non-hydrogen) atoms. The number of carbonyl (C=O) groups excluding carboxylic acids is 1. The quantitative estimate of drug-likeness (QED) is 0.600. The summed E-state index contributed by atoms with van der Waals surface area (Å²) in [5.41, 5.74) is -1.33. The Bertz CT molecular complexity index is 384. The third-order valence-electron chi connectivity index (χ3n) is 2.93. The zero-order valence-electron chi connectivity index (χ0n) is 8.76. The number of halogens is 1. The molecule has 2 saturated heterocycles. The lowest BCUT2D eigenvalue weighted by Crippen LogP contribution is -2.59. The van der Waals surface area contributed by atoms with Crippen LogP contribution in [0.2, 0.25) is 0 Å². The second-order valence-electron chi connectivity index (χ2n) is 3.72. The van der Waals surface area contributed by atoms with E-state index in [9.17, 15) is 13.2 Å². The summed E-state index contributed by atoms with van der Waals surface area (Å²) in [5, 5.41) is 2.06. The van der Waals surface area contributed by atoms with E-state index in [2.05, 4.69) is 10.1 Å². The highest BCUT2D eigenvalue weighted by molar-refractivity contribution is 7.92. The smallest absolute Gasteiger partial charge is 0.340 e. The molecule has 2 atom stereocenters. The second kappa shape index (κ2) is 4.48. The van der Waals surface area contributed by atoms with E-state index in [1.54, 1.807) is 0 Å². The van der Waals surface area contributed by atoms with E-state index in [-0.39, 0.29) is 37.9 Å². The van der Waals surface area contributed by atoms with Crippen LogP contribution < -0.4 is 5.32 Å². The molecule has 6 nitrogen and oxygen atoms in total. The molecule has 0 bridgehead atoms. The Kier molecular flexibility index (Phi) is 3.83. The van der Waals surface area contributed by atoms with Crippen molar-refractivity contribution < 1.29 is 22.7 Å². The fourth-order valence-corrected chi connectivity index (χ4v) is 3.95. The molecule has 2 fully saturated rings. The zero-order chi connectivity index (χ0) is 11.1. The molecule has 8 heteroatoms. The van der Waals surface area contributed by atoms with Gasteiger partial charge in [-0.15, -0.1) is 12.4 Å². The summed E-state index contributed by atoms with van der Waals surface area (Å²) in [6.07, 6.45) is 0. The largest absolute Gasteiger partial charge is 0.467 e. The molecule has 0 aliphatic carbocycles. The molecule has 1 N–H and O–H groups in total. The first kappa shape index (κ1) is 13.7. The number of hydrogen-bond donors (Lipinski definition) is 1. The number of fused-ring (bicyclic) bond motifs is 1. The lowest BCUT2D eigenvalue weighted by molar-refractivity contribution is -0.166. The molecular formula is C8H14ClNO5S. The normalized spacial score (nSPS) is 35.9. The number of sulfone groups is 1. The summed E-state index contributed by atoms with van der Waals surface area (Å²) in [4.78, 5) is 11.6. The molecule has 0 spiro atoms. The van der Waals surface area contributed by atoms with E-state index in [0.717, 1.165) is 0 Å². The predicted molar refractivity (Wildman–Crippen MR) is 58.4 cm³/mol. The number of nitrogens with one attached hydrogen (secondary N) is 1. The van der Waals surface area contributed by atoms with Crippen LogP contribution in [0.3, 0.4) is 0 Å². The molecule has 0 radical (unpaired) electrons. The van der Waals surface area contributed by atoms with Gasteiger partial charge < -0.3 is 14.8 Å². The van der Waals surface area contributed by atoms with Gasteiger partial charge in [0, 0.05) is 13.1 Å². The molecule has 0 aromatic rings. The van der Waals surface area contributed by atoms with E-state index < -0.39 is 26.7 Å². The fraction of sp³-hybridized carbons (Fsp3) is 0.875. The fourth-order valence-electron chi connectivity index (χ4n) is 2.15. The molecule has 0 aromatic heterocycles. The Balaban J connectivity index is 0.00000128. The van der Waals surface area contributed by atoms with Crippen molar-refractivity contribution in [3.8, 4) is 0 Å². The van der Waals surface area contributed by atoms with Gasteiger partial charge in [0.25, 0.3) is 0 Å². The topological polar surface area (TPSA) is 81.7 Å². The summed E-state index contributed by atoms with van der Waals surface area (Å²) in [7, 11) is -2.03. The number of carbonyl (C=O) groups is 1. The van der Waals surface area contributed by atoms with Crippen molar-refractivity contribution in [1.29, 1.82) is 0 Å². The average Bonchev–Trinajstić information content (AvgIpc) is 2.62. The van der Waals surface area contributed by atoms with Crippen LogP contribution in [0, 0.1) is 0 Å². The summed E-state index contributed by atoms with van der Waals surface area (Å²) in [5.74, 6) is -0.640. The summed E-state index contributed by atoms with van der Waals surface area (Å²) < 4.78 is 33.5. The van der Waals surface area contributed by atoms with E-state index in [4.69, 9.17) is 4.74 Å². The van der Waals surface area contributed by atoms with Crippen LogP contribution in [-0.2, 0) is 24.1 Å². The van der Waals surface area contributed by atoms with Crippen molar-refractivity contribution in [3.63, 3.8) is 0 Å². The maximum absolute atomic E-state index is 11.8. The summed E-state index contributed by atoms with van der Waals surface area (Å²) in [6.45, 7) is 0.497. The van der Waals surface area contributed by atoms with Gasteiger partial charge in [0.2, 0.25) is 0 Å². The van der Waals surface area contributed by atoms with E-state index >= 15 is 0 Å². The first-order valence-electron chi connectivity index (χ1n) is 4.67. The minimum absolute atomic E-state index is 0. The molecule has 2 aliphatic rings. The minimum Gasteiger partial charge on any atom is -0.467 e. The van der Waals surface area contributed by atoms with Crippen molar-refractivity contribution >= 4 is 28.2 Å². The SMILES string of the molecule is COC(=O)[C@]12CNC[C@H]1S(=O)(=O)CCO2.Cl. The molecule has 94 valence electrons. The maximum Gasteiger partial charge on any atom is 0.340 e. The first-order valence-corrected chi connectivity index (χ1v) is 6.39. The number of hydrogen-bond acceptors (Lipinski definition) is 6. The molecule has 0 aromatic carbocycles. The standard InChI is InChI=1S/C8H13NO5S.ClH/c1-13-7(10)8-5-9-4-6(8)15(11,12)3-2-14-8;/h6,9H,2-5H2,1H3;1H/t6-,8+;/m1./s1. The zero-order valence-corrected chi connectivity index (χ0v) is 10.4. The first-order chi connectivity index (χ1) is 7.03. The maximum atomic E-state index is 11.8. The average molecular weight is 272 g/mol. The van der Waals surface area contributed by atoms with Crippen LogP contribution in [-0.4, -0.2) is 57.8 Å². The minimum atomic E-state index is -3.26. The Morgan fingerprint density at radius 3 is 2.88 bits per heavy atom. The van der Waals surface area contributed by atoms with Crippen molar-refractivity contribution in [3.05, 3.63) is 0 Å². The van der Waals surface area contributed by atoms with Gasteiger partial charge in [-0.25, -0.2) is 13.2 Å². The lowest BCUT2D eigenvalue weighted by atomic mass is 10.0. The summed E-state index contributed by atoms with van der Waals surface area (Å²) in [6, 6.07) is 0. The van der Waals surface area contributed by atoms with Crippen LogP contribution in [0.1, 0.15) is 0 Å². The van der Waals surface area contributed by atoms with Gasteiger partial charge >= 0.3 is 5.97 Å². The van der Waals surface area contributed by atoms with E-state index in [0.29, 0.717) is 0 Å². The molecule has 2 aliphatic heterocycles. The highest BCUT2D eigenvalue weighted by Crippen LogP contribution is 2.31. The van der Waals surface area contributed by atoms with Gasteiger partial charge in [-0.1, -0.05) is 0 Å². The highest BCUT2D eigenvalue weighted by Gasteiger charge is 2.59. The van der Waals surface area contributed by atoms with Crippen LogP contribution >= 0.6 is 12.4 Å². The van der Waals surface area contributed by atoms with Gasteiger partial charge in [0.15, 0.2) is 15.4 Å². The molecule has 2 heterocycles. The van der Waals surface area contributed by atoms with E-state index in [1.807, 2.05) is 0 Å². The highest BCUT2D eigenvalue weighted by atomic mass is 35.5. The molecule has 0 saturated carbocycles.